The van der Waals surface area contributed by atoms with Gasteiger partial charge in [0.2, 0.25) is 0 Å². The van der Waals surface area contributed by atoms with Crippen molar-refractivity contribution in [2.75, 3.05) is 0 Å². The zero-order valence-corrected chi connectivity index (χ0v) is 6.93. The number of fused-ring (bicyclic) bond motifs is 1. The Labute approximate surface area is 68.9 Å². The molecule has 11 heavy (non-hydrogen) atoms. The van der Waals surface area contributed by atoms with Gasteiger partial charge in [0, 0.05) is 10.7 Å². The van der Waals surface area contributed by atoms with Crippen LogP contribution in [0.4, 0.5) is 0 Å². The maximum absolute atomic E-state index is 8.95. The average molecular weight is 193 g/mol. The highest BCUT2D eigenvalue weighted by molar-refractivity contribution is 8.09. The molecule has 0 saturated carbocycles. The van der Waals surface area contributed by atoms with Crippen LogP contribution in [0.15, 0.2) is 24.3 Å². The summed E-state index contributed by atoms with van der Waals surface area (Å²) in [5.74, 6) is 0. The molecule has 60 valence electrons. The maximum Gasteiger partial charge on any atom is 0.353 e. The summed E-state index contributed by atoms with van der Waals surface area (Å²) in [5.41, 5.74) is 2.85. The lowest BCUT2D eigenvalue weighted by molar-refractivity contribution is 0.501. The smallest absolute Gasteiger partial charge is 0.273 e. The van der Waals surface area contributed by atoms with Crippen LogP contribution in [0, 0.1) is 0 Å². The van der Waals surface area contributed by atoms with Crippen molar-refractivity contribution in [3.63, 3.8) is 0 Å². The molecule has 2 aliphatic carbocycles. The normalized spacial score (nSPS) is 11.5. The van der Waals surface area contributed by atoms with Crippen molar-refractivity contribution in [1.29, 1.82) is 0 Å². The lowest BCUT2D eigenvalue weighted by Crippen LogP contribution is -1.85. The fourth-order valence-corrected chi connectivity index (χ4v) is 0.663. The minimum absolute atomic E-state index is 1.43. The van der Waals surface area contributed by atoms with Gasteiger partial charge in [-0.1, -0.05) is 24.3 Å². The first-order valence-corrected chi connectivity index (χ1v) is 5.01. The highest BCUT2D eigenvalue weighted by atomic mass is 35.7. The minimum Gasteiger partial charge on any atom is -0.273 e. The number of benzene rings is 1. The maximum atomic E-state index is 8.95. The van der Waals surface area contributed by atoms with Crippen LogP contribution in [0.5, 0.6) is 0 Å². The number of halogens is 1. The van der Waals surface area contributed by atoms with E-state index < -0.39 is 9.33 Å². The summed E-state index contributed by atoms with van der Waals surface area (Å²) in [4.78, 5) is 0. The van der Waals surface area contributed by atoms with Gasteiger partial charge in [-0.15, -0.1) is 0 Å². The molecular formula is C6H5ClO3S. The predicted octanol–water partition coefficient (Wildman–Crippen LogP) is 1.70. The van der Waals surface area contributed by atoms with E-state index in [0.717, 1.165) is 0 Å². The highest BCUT2D eigenvalue weighted by Gasteiger charge is 2.03. The second kappa shape index (κ2) is 2.81. The molecule has 5 heteroatoms. The molecule has 0 aromatic heterocycles. The third kappa shape index (κ3) is 2.88. The fraction of sp³-hybridized carbons (Fsp3) is 0. The van der Waals surface area contributed by atoms with Crippen molar-refractivity contribution >= 4 is 20.0 Å². The Bertz CT molecular complexity index is 312. The molecule has 0 saturated heterocycles. The van der Waals surface area contributed by atoms with E-state index in [1.807, 2.05) is 0 Å². The Morgan fingerprint density at radius 1 is 1.09 bits per heavy atom. The van der Waals surface area contributed by atoms with E-state index in [2.05, 4.69) is 34.9 Å². The van der Waals surface area contributed by atoms with Crippen LogP contribution in [0.3, 0.4) is 0 Å². The monoisotopic (exact) mass is 192 g/mol. The van der Waals surface area contributed by atoms with Crippen molar-refractivity contribution in [2.45, 2.75) is 0 Å². The van der Waals surface area contributed by atoms with Crippen LogP contribution in [0.25, 0.3) is 11.1 Å². The van der Waals surface area contributed by atoms with E-state index in [1.165, 1.54) is 11.1 Å². The fourth-order valence-electron chi connectivity index (χ4n) is 0.663. The third-order valence-electron chi connectivity index (χ3n) is 1.22. The van der Waals surface area contributed by atoms with Gasteiger partial charge in [-0.3, -0.25) is 4.55 Å². The Kier molecular flexibility index (Phi) is 2.17. The van der Waals surface area contributed by atoms with Gasteiger partial charge >= 0.3 is 9.33 Å². The molecule has 0 aromatic carbocycles. The molecule has 0 atom stereocenters. The summed E-state index contributed by atoms with van der Waals surface area (Å²) >= 11 is 0. The van der Waals surface area contributed by atoms with Crippen molar-refractivity contribution in [3.8, 4) is 11.1 Å². The average Bonchev–Trinajstić information content (AvgIpc) is 1.74. The zero-order valence-electron chi connectivity index (χ0n) is 5.36. The quantitative estimate of drug-likeness (QED) is 0.511. The highest BCUT2D eigenvalue weighted by Crippen LogP contribution is 2.29. The second-order valence-electron chi connectivity index (χ2n) is 1.99. The van der Waals surface area contributed by atoms with Crippen LogP contribution < -0.4 is 0 Å². The largest absolute Gasteiger partial charge is 0.353 e. The molecular weight excluding hydrogens is 188 g/mol. The van der Waals surface area contributed by atoms with Gasteiger partial charge < -0.3 is 0 Å². The molecule has 0 aliphatic heterocycles. The van der Waals surface area contributed by atoms with E-state index >= 15 is 0 Å². The van der Waals surface area contributed by atoms with Gasteiger partial charge in [-0.05, 0) is 11.1 Å². The van der Waals surface area contributed by atoms with Crippen LogP contribution >= 0.6 is 10.7 Å². The first kappa shape index (κ1) is 8.52. The van der Waals surface area contributed by atoms with Gasteiger partial charge in [0.1, 0.15) is 0 Å². The number of rotatable bonds is 0. The summed E-state index contributed by atoms with van der Waals surface area (Å²) in [6.45, 7) is 0. The molecule has 0 radical (unpaired) electrons. The topological polar surface area (TPSA) is 54.4 Å². The molecule has 0 spiro atoms. The summed E-state index contributed by atoms with van der Waals surface area (Å²) in [6, 6.07) is 8.48. The Morgan fingerprint density at radius 3 is 1.27 bits per heavy atom. The predicted molar refractivity (Wildman–Crippen MR) is 42.8 cm³/mol. The second-order valence-corrected chi connectivity index (χ2v) is 3.98. The van der Waals surface area contributed by atoms with Gasteiger partial charge in [-0.2, -0.15) is 8.42 Å². The van der Waals surface area contributed by atoms with Gasteiger partial charge in [0.25, 0.3) is 0 Å². The van der Waals surface area contributed by atoms with Crippen molar-refractivity contribution in [1.82, 2.24) is 0 Å². The molecule has 2 rings (SSSR count). The third-order valence-corrected chi connectivity index (χ3v) is 1.22. The van der Waals surface area contributed by atoms with Gasteiger partial charge in [0.05, 0.1) is 0 Å². The molecule has 3 nitrogen and oxygen atoms in total. The Hall–Kier alpha value is -0.580. The standard InChI is InChI=1S/C6H4.ClHO3S/c1-2-6-4-3-5(1)6;1-5(2,3)4/h1-4H;(H,2,3,4). The summed E-state index contributed by atoms with van der Waals surface area (Å²) in [6.07, 6.45) is 0. The van der Waals surface area contributed by atoms with Crippen LogP contribution in [-0.4, -0.2) is 13.0 Å². The van der Waals surface area contributed by atoms with E-state index in [0.29, 0.717) is 0 Å². The van der Waals surface area contributed by atoms with E-state index in [4.69, 9.17) is 13.0 Å². The van der Waals surface area contributed by atoms with Crippen molar-refractivity contribution < 1.29 is 13.0 Å². The molecule has 0 fully saturated rings. The van der Waals surface area contributed by atoms with Crippen LogP contribution in [0.1, 0.15) is 0 Å². The number of hydrogen-bond acceptors (Lipinski definition) is 2. The van der Waals surface area contributed by atoms with Crippen molar-refractivity contribution in [3.05, 3.63) is 24.3 Å². The zero-order chi connectivity index (χ0) is 8.48. The minimum atomic E-state index is -4.19. The molecule has 0 aromatic rings. The van der Waals surface area contributed by atoms with E-state index in [-0.39, 0.29) is 0 Å². The van der Waals surface area contributed by atoms with E-state index in [1.54, 1.807) is 0 Å². The van der Waals surface area contributed by atoms with Gasteiger partial charge in [-0.25, -0.2) is 0 Å². The van der Waals surface area contributed by atoms with Gasteiger partial charge in [0.15, 0.2) is 0 Å². The molecule has 0 unspecified atom stereocenters. The summed E-state index contributed by atoms with van der Waals surface area (Å²) in [7, 11) is -0.137. The SMILES string of the molecule is O=S(=O)(O)Cl.c1cc2ccc1-2. The lowest BCUT2D eigenvalue weighted by Gasteiger charge is -2.10. The van der Waals surface area contributed by atoms with Crippen LogP contribution in [0.2, 0.25) is 0 Å². The number of hydrogen-bond donors (Lipinski definition) is 1. The van der Waals surface area contributed by atoms with E-state index in [9.17, 15) is 0 Å². The first-order valence-electron chi connectivity index (χ1n) is 2.74. The van der Waals surface area contributed by atoms with Crippen LogP contribution in [-0.2, 0) is 9.33 Å². The Balaban J connectivity index is 0.000000114. The molecule has 1 N–H and O–H groups in total. The first-order chi connectivity index (χ1) is 4.97. The van der Waals surface area contributed by atoms with Crippen molar-refractivity contribution in [2.24, 2.45) is 0 Å². The lowest BCUT2D eigenvalue weighted by atomic mass is 9.95. The molecule has 2 aliphatic rings. The Morgan fingerprint density at radius 2 is 1.27 bits per heavy atom. The summed E-state index contributed by atoms with van der Waals surface area (Å²) < 4.78 is 25.2. The molecule has 0 heterocycles. The molecule has 0 amide bonds. The molecule has 0 bridgehead atoms. The summed E-state index contributed by atoms with van der Waals surface area (Å²) in [5, 5.41) is 0.